The summed E-state index contributed by atoms with van der Waals surface area (Å²) in [6.45, 7) is 18.2. The first-order valence-electron chi connectivity index (χ1n) is 7.78. The van der Waals surface area contributed by atoms with Gasteiger partial charge in [0, 0.05) is 0 Å². The van der Waals surface area contributed by atoms with Crippen LogP contribution in [0.3, 0.4) is 0 Å². The smallest absolute Gasteiger partial charge is 0.184 e. The SMILES string of the molecule is C[Si](C)(C)O[C@@H]([C@H](C=O)O[Si](C)(C)C)[C@@H](CO)O[Si](C)(C)C. The Morgan fingerprint density at radius 3 is 1.50 bits per heavy atom. The van der Waals surface area contributed by atoms with Crippen molar-refractivity contribution in [1.82, 2.24) is 0 Å². The van der Waals surface area contributed by atoms with Crippen molar-refractivity contribution >= 4 is 31.2 Å². The molecule has 22 heavy (non-hydrogen) atoms. The van der Waals surface area contributed by atoms with Crippen LogP contribution in [0, 0.1) is 0 Å². The van der Waals surface area contributed by atoms with E-state index >= 15 is 0 Å². The third-order valence-corrected chi connectivity index (χ3v) is 5.46. The zero-order chi connectivity index (χ0) is 17.8. The number of carbonyl (C=O) groups excluding carboxylic acids is 1. The lowest BCUT2D eigenvalue weighted by molar-refractivity contribution is -0.123. The van der Waals surface area contributed by atoms with Crippen LogP contribution in [0.15, 0.2) is 0 Å². The van der Waals surface area contributed by atoms with Gasteiger partial charge in [0.2, 0.25) is 0 Å². The second-order valence-corrected chi connectivity index (χ2v) is 21.9. The van der Waals surface area contributed by atoms with Crippen LogP contribution in [0.1, 0.15) is 0 Å². The summed E-state index contributed by atoms with van der Waals surface area (Å²) < 4.78 is 18.2. The van der Waals surface area contributed by atoms with Crippen LogP contribution in [0.2, 0.25) is 58.9 Å². The quantitative estimate of drug-likeness (QED) is 0.476. The standard InChI is InChI=1S/C14H34O5Si3/c1-20(2,3)17-12(10-15)14(19-22(7,8)9)13(11-16)18-21(4,5)6/h10,12-14,16H,11H2,1-9H3/t12-,13+,14-/m0/s1. The molecule has 0 aromatic rings. The van der Waals surface area contributed by atoms with E-state index in [0.717, 1.165) is 6.29 Å². The molecular weight excluding hydrogens is 332 g/mol. The molecule has 1 N–H and O–H groups in total. The highest BCUT2D eigenvalue weighted by atomic mass is 28.4. The average molecular weight is 367 g/mol. The summed E-state index contributed by atoms with van der Waals surface area (Å²) in [6, 6.07) is 0. The second kappa shape index (κ2) is 8.32. The lowest BCUT2D eigenvalue weighted by Crippen LogP contribution is -2.54. The van der Waals surface area contributed by atoms with Gasteiger partial charge in [0.05, 0.1) is 12.7 Å². The van der Waals surface area contributed by atoms with Crippen molar-refractivity contribution in [2.75, 3.05) is 6.61 Å². The van der Waals surface area contributed by atoms with Gasteiger partial charge in [-0.2, -0.15) is 0 Å². The monoisotopic (exact) mass is 366 g/mol. The minimum Gasteiger partial charge on any atom is -0.410 e. The largest absolute Gasteiger partial charge is 0.410 e. The van der Waals surface area contributed by atoms with E-state index in [0.29, 0.717) is 0 Å². The van der Waals surface area contributed by atoms with E-state index in [1.807, 2.05) is 19.6 Å². The minimum absolute atomic E-state index is 0.182. The van der Waals surface area contributed by atoms with E-state index in [4.69, 9.17) is 13.3 Å². The molecule has 0 aromatic heterocycles. The van der Waals surface area contributed by atoms with E-state index in [-0.39, 0.29) is 6.61 Å². The summed E-state index contributed by atoms with van der Waals surface area (Å²) in [5, 5.41) is 9.77. The van der Waals surface area contributed by atoms with E-state index < -0.39 is 43.3 Å². The highest BCUT2D eigenvalue weighted by Crippen LogP contribution is 2.22. The first kappa shape index (κ1) is 22.2. The van der Waals surface area contributed by atoms with Gasteiger partial charge in [0.15, 0.2) is 25.0 Å². The molecule has 132 valence electrons. The molecule has 0 unspecified atom stereocenters. The molecule has 5 nitrogen and oxygen atoms in total. The summed E-state index contributed by atoms with van der Waals surface area (Å²) in [7, 11) is -5.73. The lowest BCUT2D eigenvalue weighted by atomic mass is 10.1. The molecule has 8 heteroatoms. The van der Waals surface area contributed by atoms with Crippen LogP contribution in [0.5, 0.6) is 0 Å². The van der Waals surface area contributed by atoms with E-state index in [9.17, 15) is 9.90 Å². The van der Waals surface area contributed by atoms with Crippen LogP contribution in [0.25, 0.3) is 0 Å². The van der Waals surface area contributed by atoms with Crippen molar-refractivity contribution < 1.29 is 23.2 Å². The Morgan fingerprint density at radius 1 is 0.818 bits per heavy atom. The Labute approximate surface area is 138 Å². The molecule has 0 spiro atoms. The summed E-state index contributed by atoms with van der Waals surface area (Å²) in [5.74, 6) is 0. The highest BCUT2D eigenvalue weighted by molar-refractivity contribution is 6.70. The summed E-state index contributed by atoms with van der Waals surface area (Å²) in [5.41, 5.74) is 0. The molecule has 0 bridgehead atoms. The number of aldehydes is 1. The molecule has 0 fully saturated rings. The van der Waals surface area contributed by atoms with Gasteiger partial charge in [-0.25, -0.2) is 0 Å². The van der Waals surface area contributed by atoms with Crippen LogP contribution in [0.4, 0.5) is 0 Å². The Hall–Kier alpha value is 0.161. The third-order valence-electron chi connectivity index (χ3n) is 2.49. The molecule has 3 atom stereocenters. The van der Waals surface area contributed by atoms with Crippen molar-refractivity contribution in [3.05, 3.63) is 0 Å². The van der Waals surface area contributed by atoms with Gasteiger partial charge in [0.25, 0.3) is 0 Å². The predicted octanol–water partition coefficient (Wildman–Crippen LogP) is 2.84. The molecule has 0 saturated carbocycles. The Morgan fingerprint density at radius 2 is 1.23 bits per heavy atom. The van der Waals surface area contributed by atoms with E-state index in [2.05, 4.69) is 39.3 Å². The Bertz CT molecular complexity index is 344. The van der Waals surface area contributed by atoms with Crippen LogP contribution >= 0.6 is 0 Å². The van der Waals surface area contributed by atoms with Gasteiger partial charge >= 0.3 is 0 Å². The van der Waals surface area contributed by atoms with Crippen molar-refractivity contribution in [1.29, 1.82) is 0 Å². The van der Waals surface area contributed by atoms with Crippen molar-refractivity contribution in [3.8, 4) is 0 Å². The number of aliphatic hydroxyl groups is 1. The third kappa shape index (κ3) is 10.0. The van der Waals surface area contributed by atoms with Gasteiger partial charge in [-0.1, -0.05) is 0 Å². The second-order valence-electron chi connectivity index (χ2n) is 8.48. The minimum atomic E-state index is -1.93. The van der Waals surface area contributed by atoms with Crippen LogP contribution in [-0.2, 0) is 18.1 Å². The summed E-state index contributed by atoms with van der Waals surface area (Å²) >= 11 is 0. The maximum atomic E-state index is 11.6. The molecule has 0 saturated heterocycles. The maximum absolute atomic E-state index is 11.6. The topological polar surface area (TPSA) is 65.0 Å². The molecule has 0 radical (unpaired) electrons. The maximum Gasteiger partial charge on any atom is 0.184 e. The fraction of sp³-hybridized carbons (Fsp3) is 0.929. The first-order chi connectivity index (χ1) is 9.68. The molecule has 0 aliphatic heterocycles. The van der Waals surface area contributed by atoms with E-state index in [1.54, 1.807) is 0 Å². The van der Waals surface area contributed by atoms with Gasteiger partial charge in [-0.15, -0.1) is 0 Å². The van der Waals surface area contributed by atoms with Gasteiger partial charge in [-0.05, 0) is 58.9 Å². The summed E-state index contributed by atoms with van der Waals surface area (Å²) in [6.07, 6.45) is -1.01. The highest BCUT2D eigenvalue weighted by Gasteiger charge is 2.39. The molecular formula is C14H34O5Si3. The van der Waals surface area contributed by atoms with E-state index in [1.165, 1.54) is 0 Å². The van der Waals surface area contributed by atoms with Crippen LogP contribution in [-0.4, -0.2) is 61.3 Å². The number of hydrogen-bond donors (Lipinski definition) is 1. The summed E-state index contributed by atoms with van der Waals surface area (Å²) in [4.78, 5) is 11.6. The van der Waals surface area contributed by atoms with Crippen LogP contribution < -0.4 is 0 Å². The van der Waals surface area contributed by atoms with Gasteiger partial charge < -0.3 is 23.2 Å². The van der Waals surface area contributed by atoms with Gasteiger partial charge in [-0.3, -0.25) is 0 Å². The van der Waals surface area contributed by atoms with Crippen molar-refractivity contribution in [3.63, 3.8) is 0 Å². The lowest BCUT2D eigenvalue weighted by Gasteiger charge is -2.39. The fourth-order valence-electron chi connectivity index (χ4n) is 2.01. The molecule has 0 aliphatic carbocycles. The zero-order valence-electron chi connectivity index (χ0n) is 15.6. The number of hydrogen-bond acceptors (Lipinski definition) is 5. The fourth-order valence-corrected chi connectivity index (χ4v) is 5.23. The zero-order valence-corrected chi connectivity index (χ0v) is 18.6. The predicted molar refractivity (Wildman–Crippen MR) is 97.8 cm³/mol. The normalized spacial score (nSPS) is 17.9. The number of aliphatic hydroxyl groups excluding tert-OH is 1. The molecule has 0 aliphatic rings. The molecule has 0 rings (SSSR count). The Balaban J connectivity index is 5.43. The average Bonchev–Trinajstić information content (AvgIpc) is 2.27. The number of rotatable bonds is 10. The van der Waals surface area contributed by atoms with Gasteiger partial charge in [0.1, 0.15) is 18.5 Å². The first-order valence-corrected chi connectivity index (χ1v) is 18.0. The van der Waals surface area contributed by atoms with Crippen molar-refractivity contribution in [2.45, 2.75) is 77.2 Å². The number of carbonyl (C=O) groups is 1. The molecule has 0 heterocycles. The Kier molecular flexibility index (Phi) is 8.38. The molecule has 0 aromatic carbocycles. The van der Waals surface area contributed by atoms with Crippen molar-refractivity contribution in [2.24, 2.45) is 0 Å². The molecule has 0 amide bonds.